The zero-order valence-electron chi connectivity index (χ0n) is 12.3. The van der Waals surface area contributed by atoms with Gasteiger partial charge in [0.1, 0.15) is 11.2 Å². The highest BCUT2D eigenvalue weighted by Crippen LogP contribution is 2.37. The van der Waals surface area contributed by atoms with Crippen molar-refractivity contribution in [3.05, 3.63) is 29.8 Å². The molecule has 1 amide bonds. The van der Waals surface area contributed by atoms with E-state index in [-0.39, 0.29) is 19.2 Å². The van der Waals surface area contributed by atoms with E-state index in [1.165, 1.54) is 4.90 Å². The Balaban J connectivity index is 2.06. The molecule has 1 fully saturated rings. The third-order valence-corrected chi connectivity index (χ3v) is 3.96. The summed E-state index contributed by atoms with van der Waals surface area (Å²) in [5, 5.41) is 10.6. The quantitative estimate of drug-likeness (QED) is 0.852. The van der Waals surface area contributed by atoms with Gasteiger partial charge in [-0.15, -0.1) is 11.8 Å². The van der Waals surface area contributed by atoms with E-state index < -0.39 is 11.2 Å². The lowest BCUT2D eigenvalue weighted by Gasteiger charge is -2.47. The summed E-state index contributed by atoms with van der Waals surface area (Å²) in [5.41, 5.74) is -0.592. The second-order valence-corrected chi connectivity index (χ2v) is 6.92. The van der Waals surface area contributed by atoms with E-state index >= 15 is 0 Å². The van der Waals surface area contributed by atoms with Crippen LogP contribution in [0.3, 0.4) is 0 Å². The van der Waals surface area contributed by atoms with Gasteiger partial charge in [-0.2, -0.15) is 0 Å². The van der Waals surface area contributed by atoms with Crippen LogP contribution in [-0.4, -0.2) is 41.0 Å². The van der Waals surface area contributed by atoms with Crippen LogP contribution in [0.25, 0.3) is 0 Å². The summed E-state index contributed by atoms with van der Waals surface area (Å²) >= 11 is 1.60. The first kappa shape index (κ1) is 15.2. The van der Waals surface area contributed by atoms with Crippen molar-refractivity contribution in [3.63, 3.8) is 0 Å². The van der Waals surface area contributed by atoms with E-state index in [2.05, 4.69) is 0 Å². The van der Waals surface area contributed by atoms with Crippen molar-refractivity contribution >= 4 is 17.9 Å². The number of β-amino-alcohol motifs (C(OH)–C–C–N with tert-alkyl or cyclic N) is 1. The molecule has 1 aliphatic rings. The van der Waals surface area contributed by atoms with Gasteiger partial charge in [-0.3, -0.25) is 0 Å². The zero-order valence-corrected chi connectivity index (χ0v) is 13.2. The summed E-state index contributed by atoms with van der Waals surface area (Å²) in [6, 6.07) is 7.75. The number of carbonyl (C=O) groups is 1. The summed E-state index contributed by atoms with van der Waals surface area (Å²) in [5.74, 6) is 0. The fraction of sp³-hybridized carbons (Fsp3) is 0.533. The second kappa shape index (κ2) is 5.30. The van der Waals surface area contributed by atoms with E-state index in [4.69, 9.17) is 4.74 Å². The molecule has 0 spiro atoms. The highest BCUT2D eigenvalue weighted by molar-refractivity contribution is 7.98. The van der Waals surface area contributed by atoms with Gasteiger partial charge in [-0.25, -0.2) is 4.79 Å². The smallest absolute Gasteiger partial charge is 0.410 e. The molecule has 0 atom stereocenters. The number of nitrogens with zero attached hydrogens (tertiary/aromatic N) is 1. The van der Waals surface area contributed by atoms with Crippen LogP contribution in [-0.2, 0) is 10.3 Å². The molecule has 4 nitrogen and oxygen atoms in total. The molecule has 1 saturated heterocycles. The Kier molecular flexibility index (Phi) is 4.02. The van der Waals surface area contributed by atoms with Gasteiger partial charge in [0.15, 0.2) is 0 Å². The molecular weight excluding hydrogens is 274 g/mol. The van der Waals surface area contributed by atoms with E-state index in [9.17, 15) is 9.90 Å². The molecule has 0 unspecified atom stereocenters. The van der Waals surface area contributed by atoms with Crippen molar-refractivity contribution in [2.75, 3.05) is 19.3 Å². The standard InChI is InChI=1S/C15H21NO3S/c1-14(2,3)19-13(17)16-9-15(18,10-16)11-7-5-6-8-12(11)20-4/h5-8,18H,9-10H2,1-4H3. The van der Waals surface area contributed by atoms with Gasteiger partial charge in [0.05, 0.1) is 13.1 Å². The number of likely N-dealkylation sites (tertiary alicyclic amines) is 1. The molecule has 0 radical (unpaired) electrons. The van der Waals surface area contributed by atoms with E-state index in [1.807, 2.05) is 51.3 Å². The van der Waals surface area contributed by atoms with Crippen molar-refractivity contribution in [3.8, 4) is 0 Å². The van der Waals surface area contributed by atoms with Gasteiger partial charge >= 0.3 is 6.09 Å². The van der Waals surface area contributed by atoms with Crippen LogP contribution in [0.5, 0.6) is 0 Å². The number of benzene rings is 1. The van der Waals surface area contributed by atoms with Crippen LogP contribution >= 0.6 is 11.8 Å². The first-order chi connectivity index (χ1) is 9.25. The highest BCUT2D eigenvalue weighted by Gasteiger charge is 2.47. The van der Waals surface area contributed by atoms with Gasteiger partial charge in [0.2, 0.25) is 0 Å². The Bertz CT molecular complexity index is 504. The van der Waals surface area contributed by atoms with Crippen molar-refractivity contribution in [2.45, 2.75) is 36.9 Å². The number of aliphatic hydroxyl groups is 1. The summed E-state index contributed by atoms with van der Waals surface area (Å²) in [6.45, 7) is 6.05. The first-order valence-electron chi connectivity index (χ1n) is 6.59. The van der Waals surface area contributed by atoms with Gasteiger partial charge < -0.3 is 14.7 Å². The minimum Gasteiger partial charge on any atom is -0.444 e. The van der Waals surface area contributed by atoms with Crippen LogP contribution in [0, 0.1) is 0 Å². The molecule has 110 valence electrons. The van der Waals surface area contributed by atoms with Crippen molar-refractivity contribution < 1.29 is 14.6 Å². The maximum Gasteiger partial charge on any atom is 0.410 e. The number of amides is 1. The number of thioether (sulfide) groups is 1. The maximum absolute atomic E-state index is 11.9. The molecule has 0 bridgehead atoms. The molecule has 1 aromatic rings. The first-order valence-corrected chi connectivity index (χ1v) is 7.81. The monoisotopic (exact) mass is 295 g/mol. The van der Waals surface area contributed by atoms with Crippen molar-refractivity contribution in [1.29, 1.82) is 0 Å². The molecule has 20 heavy (non-hydrogen) atoms. The van der Waals surface area contributed by atoms with Crippen molar-refractivity contribution in [2.24, 2.45) is 0 Å². The Labute approximate surface area is 124 Å². The predicted octanol–water partition coefficient (Wildman–Crippen LogP) is 2.85. The average molecular weight is 295 g/mol. The third-order valence-electron chi connectivity index (χ3n) is 3.16. The fourth-order valence-electron chi connectivity index (χ4n) is 2.24. The zero-order chi connectivity index (χ0) is 15.0. The van der Waals surface area contributed by atoms with Gasteiger partial charge in [-0.05, 0) is 33.1 Å². The second-order valence-electron chi connectivity index (χ2n) is 6.07. The molecule has 1 aliphatic heterocycles. The van der Waals surface area contributed by atoms with Gasteiger partial charge in [0.25, 0.3) is 0 Å². The lowest BCUT2D eigenvalue weighted by atomic mass is 9.86. The maximum atomic E-state index is 11.9. The minimum absolute atomic E-state index is 0.277. The lowest BCUT2D eigenvalue weighted by Crippen LogP contribution is -2.62. The SMILES string of the molecule is CSc1ccccc1C1(O)CN(C(=O)OC(C)(C)C)C1. The molecular formula is C15H21NO3S. The normalized spacial score (nSPS) is 17.6. The van der Waals surface area contributed by atoms with E-state index in [1.54, 1.807) is 11.8 Å². The van der Waals surface area contributed by atoms with Crippen molar-refractivity contribution in [1.82, 2.24) is 4.90 Å². The molecule has 1 aromatic carbocycles. The van der Waals surface area contributed by atoms with Crippen LogP contribution in [0.15, 0.2) is 29.2 Å². The van der Waals surface area contributed by atoms with Gasteiger partial charge in [-0.1, -0.05) is 18.2 Å². The Morgan fingerprint density at radius 3 is 2.50 bits per heavy atom. The Morgan fingerprint density at radius 2 is 1.95 bits per heavy atom. The molecule has 2 rings (SSSR count). The summed E-state index contributed by atoms with van der Waals surface area (Å²) in [6.07, 6.45) is 1.61. The van der Waals surface area contributed by atoms with E-state index in [0.29, 0.717) is 0 Å². The fourth-order valence-corrected chi connectivity index (χ4v) is 2.93. The molecule has 1 N–H and O–H groups in total. The average Bonchev–Trinajstić information content (AvgIpc) is 2.32. The highest BCUT2D eigenvalue weighted by atomic mass is 32.2. The molecule has 1 heterocycles. The largest absolute Gasteiger partial charge is 0.444 e. The van der Waals surface area contributed by atoms with Gasteiger partial charge in [0, 0.05) is 10.5 Å². The molecule has 0 saturated carbocycles. The van der Waals surface area contributed by atoms with E-state index in [0.717, 1.165) is 10.5 Å². The number of carbonyl (C=O) groups excluding carboxylic acids is 1. The number of ether oxygens (including phenoxy) is 1. The van der Waals surface area contributed by atoms with Crippen LogP contribution in [0.1, 0.15) is 26.3 Å². The summed E-state index contributed by atoms with van der Waals surface area (Å²) in [7, 11) is 0. The van der Waals surface area contributed by atoms with Crippen LogP contribution in [0.4, 0.5) is 4.79 Å². The topological polar surface area (TPSA) is 49.8 Å². The lowest BCUT2D eigenvalue weighted by molar-refractivity contribution is -0.105. The minimum atomic E-state index is -0.962. The Hall–Kier alpha value is -1.20. The molecule has 0 aliphatic carbocycles. The summed E-state index contributed by atoms with van der Waals surface area (Å²) < 4.78 is 5.30. The predicted molar refractivity (Wildman–Crippen MR) is 79.9 cm³/mol. The van der Waals surface area contributed by atoms with Crippen LogP contribution in [0.2, 0.25) is 0 Å². The number of rotatable bonds is 2. The summed E-state index contributed by atoms with van der Waals surface area (Å²) in [4.78, 5) is 14.5. The molecule has 0 aromatic heterocycles. The number of hydrogen-bond acceptors (Lipinski definition) is 4. The molecule has 5 heteroatoms. The third kappa shape index (κ3) is 3.10. The Morgan fingerprint density at radius 1 is 1.35 bits per heavy atom. The number of hydrogen-bond donors (Lipinski definition) is 1. The van der Waals surface area contributed by atoms with Crippen LogP contribution < -0.4 is 0 Å².